The first-order valence-corrected chi connectivity index (χ1v) is 6.59. The SMILES string of the molecule is O=C(N/N=C/c1sc(=S)[nH]c1O)Nc1ccccc1O. The van der Waals surface area contributed by atoms with E-state index < -0.39 is 6.03 Å². The van der Waals surface area contributed by atoms with Gasteiger partial charge in [0.25, 0.3) is 0 Å². The first kappa shape index (κ1) is 14.0. The van der Waals surface area contributed by atoms with E-state index in [0.29, 0.717) is 8.83 Å². The number of urea groups is 1. The minimum absolute atomic E-state index is 0.0483. The minimum atomic E-state index is -0.624. The summed E-state index contributed by atoms with van der Waals surface area (Å²) in [5.41, 5.74) is 2.46. The smallest absolute Gasteiger partial charge is 0.339 e. The normalized spacial score (nSPS) is 10.6. The first-order valence-electron chi connectivity index (χ1n) is 5.36. The molecule has 0 spiro atoms. The zero-order valence-corrected chi connectivity index (χ0v) is 11.6. The van der Waals surface area contributed by atoms with Crippen LogP contribution in [0, 0.1) is 3.95 Å². The Kier molecular flexibility index (Phi) is 4.33. The van der Waals surface area contributed by atoms with Crippen molar-refractivity contribution in [2.24, 2.45) is 5.10 Å². The number of hydrazone groups is 1. The number of rotatable bonds is 3. The summed E-state index contributed by atoms with van der Waals surface area (Å²) in [7, 11) is 0. The molecular weight excluding hydrogens is 300 g/mol. The molecule has 104 valence electrons. The molecule has 0 aliphatic heterocycles. The predicted octanol–water partition coefficient (Wildman–Crippen LogP) is 2.37. The molecule has 2 amide bonds. The van der Waals surface area contributed by atoms with Crippen LogP contribution in [-0.2, 0) is 0 Å². The van der Waals surface area contributed by atoms with Crippen LogP contribution in [-0.4, -0.2) is 27.4 Å². The van der Waals surface area contributed by atoms with E-state index in [4.69, 9.17) is 12.2 Å². The Bertz CT molecular complexity index is 708. The van der Waals surface area contributed by atoms with Gasteiger partial charge in [0.05, 0.1) is 11.9 Å². The highest BCUT2D eigenvalue weighted by Gasteiger charge is 2.04. The number of hydrogen-bond acceptors (Lipinski definition) is 6. The third-order valence-corrected chi connectivity index (χ3v) is 3.31. The first-order chi connectivity index (χ1) is 9.56. The molecule has 20 heavy (non-hydrogen) atoms. The lowest BCUT2D eigenvalue weighted by atomic mass is 10.3. The van der Waals surface area contributed by atoms with Crippen LogP contribution in [0.2, 0.25) is 0 Å². The van der Waals surface area contributed by atoms with Gasteiger partial charge in [0.15, 0.2) is 3.95 Å². The summed E-state index contributed by atoms with van der Waals surface area (Å²) < 4.78 is 0.405. The maximum atomic E-state index is 11.5. The van der Waals surface area contributed by atoms with Crippen LogP contribution in [0.4, 0.5) is 10.5 Å². The number of amides is 2. The molecule has 0 saturated carbocycles. The van der Waals surface area contributed by atoms with E-state index in [1.807, 2.05) is 0 Å². The fourth-order valence-corrected chi connectivity index (χ4v) is 2.27. The molecule has 0 fully saturated rings. The third kappa shape index (κ3) is 3.56. The molecule has 0 radical (unpaired) electrons. The Morgan fingerprint density at radius 1 is 1.40 bits per heavy atom. The molecule has 1 aromatic heterocycles. The van der Waals surface area contributed by atoms with Crippen molar-refractivity contribution in [3.8, 4) is 11.6 Å². The van der Waals surface area contributed by atoms with Gasteiger partial charge in [0.1, 0.15) is 10.6 Å². The van der Waals surface area contributed by atoms with Crippen molar-refractivity contribution in [1.29, 1.82) is 0 Å². The van der Waals surface area contributed by atoms with Crippen molar-refractivity contribution in [3.63, 3.8) is 0 Å². The Balaban J connectivity index is 1.94. The topological polar surface area (TPSA) is 110 Å². The van der Waals surface area contributed by atoms with E-state index in [2.05, 4.69) is 20.8 Å². The van der Waals surface area contributed by atoms with Gasteiger partial charge in [-0.1, -0.05) is 23.5 Å². The van der Waals surface area contributed by atoms with Gasteiger partial charge in [0, 0.05) is 0 Å². The van der Waals surface area contributed by atoms with E-state index >= 15 is 0 Å². The van der Waals surface area contributed by atoms with Crippen LogP contribution in [0.25, 0.3) is 0 Å². The molecule has 0 bridgehead atoms. The number of benzene rings is 1. The second-order valence-electron chi connectivity index (χ2n) is 3.57. The van der Waals surface area contributed by atoms with Gasteiger partial charge in [-0.25, -0.2) is 10.2 Å². The molecule has 0 aliphatic rings. The van der Waals surface area contributed by atoms with E-state index in [-0.39, 0.29) is 17.3 Å². The summed E-state index contributed by atoms with van der Waals surface area (Å²) in [5.74, 6) is -0.153. The summed E-state index contributed by atoms with van der Waals surface area (Å²) in [5, 5.41) is 24.9. The number of phenols is 1. The number of nitrogens with one attached hydrogen (secondary N) is 3. The highest BCUT2D eigenvalue weighted by molar-refractivity contribution is 7.73. The molecule has 1 aromatic carbocycles. The number of aromatic hydroxyl groups is 2. The maximum absolute atomic E-state index is 11.5. The van der Waals surface area contributed by atoms with Crippen LogP contribution >= 0.6 is 23.6 Å². The summed E-state index contributed by atoms with van der Waals surface area (Å²) in [6, 6.07) is 5.68. The van der Waals surface area contributed by atoms with Crippen LogP contribution in [0.5, 0.6) is 11.6 Å². The van der Waals surface area contributed by atoms with Crippen LogP contribution in [0.3, 0.4) is 0 Å². The highest BCUT2D eigenvalue weighted by atomic mass is 32.1. The van der Waals surface area contributed by atoms with Crippen molar-refractivity contribution in [1.82, 2.24) is 10.4 Å². The maximum Gasteiger partial charge on any atom is 0.339 e. The number of carbonyl (C=O) groups is 1. The fourth-order valence-electron chi connectivity index (χ4n) is 1.30. The van der Waals surface area contributed by atoms with Gasteiger partial charge in [-0.3, -0.25) is 0 Å². The summed E-state index contributed by atoms with van der Waals surface area (Å²) in [6.45, 7) is 0. The summed E-state index contributed by atoms with van der Waals surface area (Å²) in [6.07, 6.45) is 1.26. The molecule has 9 heteroatoms. The average molecular weight is 310 g/mol. The monoisotopic (exact) mass is 310 g/mol. The van der Waals surface area contributed by atoms with Crippen molar-refractivity contribution >= 4 is 41.5 Å². The molecule has 1 heterocycles. The molecule has 7 nitrogen and oxygen atoms in total. The molecule has 0 atom stereocenters. The molecular formula is C11H10N4O3S2. The van der Waals surface area contributed by atoms with Gasteiger partial charge >= 0.3 is 6.03 Å². The zero-order valence-electron chi connectivity index (χ0n) is 9.95. The molecule has 0 unspecified atom stereocenters. The van der Waals surface area contributed by atoms with E-state index in [1.54, 1.807) is 18.2 Å². The van der Waals surface area contributed by atoms with Gasteiger partial charge in [-0.15, -0.1) is 0 Å². The number of thiazole rings is 1. The number of para-hydroxylation sites is 2. The van der Waals surface area contributed by atoms with Crippen LogP contribution in [0.15, 0.2) is 29.4 Å². The number of anilines is 1. The van der Waals surface area contributed by atoms with Gasteiger partial charge in [-0.05, 0) is 24.4 Å². The van der Waals surface area contributed by atoms with Gasteiger partial charge in [-0.2, -0.15) is 5.10 Å². The zero-order chi connectivity index (χ0) is 14.5. The Labute approximate surface area is 122 Å². The van der Waals surface area contributed by atoms with E-state index in [1.165, 1.54) is 12.3 Å². The predicted molar refractivity (Wildman–Crippen MR) is 79.0 cm³/mol. The largest absolute Gasteiger partial charge is 0.506 e. The Morgan fingerprint density at radius 2 is 2.15 bits per heavy atom. The number of nitrogens with zero attached hydrogens (tertiary/aromatic N) is 1. The number of H-pyrrole nitrogens is 1. The van der Waals surface area contributed by atoms with Crippen LogP contribution in [0.1, 0.15) is 4.88 Å². The van der Waals surface area contributed by atoms with E-state index in [9.17, 15) is 15.0 Å². The van der Waals surface area contributed by atoms with Gasteiger partial charge < -0.3 is 20.5 Å². The van der Waals surface area contributed by atoms with Crippen molar-refractivity contribution < 1.29 is 15.0 Å². The van der Waals surface area contributed by atoms with Gasteiger partial charge in [0.2, 0.25) is 5.88 Å². The average Bonchev–Trinajstić information content (AvgIpc) is 2.71. The third-order valence-electron chi connectivity index (χ3n) is 2.16. The molecule has 2 rings (SSSR count). The molecule has 0 aliphatic carbocycles. The standard InChI is InChI=1S/C11H10N4O3S2/c16-7-4-2-1-3-6(7)13-10(18)15-12-5-8-9(17)14-11(19)20-8/h1-5,16-17H,(H,14,19)(H2,13,15,18)/b12-5+. The second-order valence-corrected chi connectivity index (χ2v) is 5.29. The lowest BCUT2D eigenvalue weighted by Gasteiger charge is -2.05. The Morgan fingerprint density at radius 3 is 2.80 bits per heavy atom. The van der Waals surface area contributed by atoms with E-state index in [0.717, 1.165) is 11.3 Å². The fraction of sp³-hybridized carbons (Fsp3) is 0. The second kappa shape index (κ2) is 6.17. The Hall–Kier alpha value is -2.39. The lowest BCUT2D eigenvalue weighted by Crippen LogP contribution is -2.24. The molecule has 0 saturated heterocycles. The number of carbonyl (C=O) groups excluding carboxylic acids is 1. The molecule has 2 aromatic rings. The quantitative estimate of drug-likeness (QED) is 0.259. The van der Waals surface area contributed by atoms with Crippen molar-refractivity contribution in [2.45, 2.75) is 0 Å². The van der Waals surface area contributed by atoms with Crippen molar-refractivity contribution in [2.75, 3.05) is 5.32 Å². The number of aromatic amines is 1. The lowest BCUT2D eigenvalue weighted by molar-refractivity contribution is 0.252. The summed E-state index contributed by atoms with van der Waals surface area (Å²) in [4.78, 5) is 14.4. The number of hydrogen-bond donors (Lipinski definition) is 5. The molecule has 5 N–H and O–H groups in total. The summed E-state index contributed by atoms with van der Waals surface area (Å²) >= 11 is 5.96. The van der Waals surface area contributed by atoms with Crippen molar-refractivity contribution in [3.05, 3.63) is 33.1 Å². The number of phenolic OH excluding ortho intramolecular Hbond substituents is 1. The highest BCUT2D eigenvalue weighted by Crippen LogP contribution is 2.21. The minimum Gasteiger partial charge on any atom is -0.506 e. The number of aromatic nitrogens is 1. The van der Waals surface area contributed by atoms with Crippen LogP contribution < -0.4 is 10.7 Å².